The summed E-state index contributed by atoms with van der Waals surface area (Å²) in [6, 6.07) is 1.92. The zero-order valence-electron chi connectivity index (χ0n) is 6.27. The molecule has 0 aliphatic rings. The quantitative estimate of drug-likeness (QED) is 0.527. The molecule has 9 heavy (non-hydrogen) atoms. The van der Waals surface area contributed by atoms with E-state index in [4.69, 9.17) is 10.00 Å². The van der Waals surface area contributed by atoms with Crippen LogP contribution in [0.1, 0.15) is 20.8 Å². The monoisotopic (exact) mass is 127 g/mol. The normalized spacial score (nSPS) is 10.9. The van der Waals surface area contributed by atoms with Crippen LogP contribution in [0.25, 0.3) is 0 Å². The van der Waals surface area contributed by atoms with Gasteiger partial charge in [0, 0.05) is 0 Å². The second kappa shape index (κ2) is 3.47. The Morgan fingerprint density at radius 1 is 1.44 bits per heavy atom. The van der Waals surface area contributed by atoms with Crippen LogP contribution in [-0.2, 0) is 4.74 Å². The van der Waals surface area contributed by atoms with Crippen LogP contribution >= 0.6 is 0 Å². The fourth-order valence-corrected chi connectivity index (χ4v) is 0.403. The molecule has 0 bridgehead atoms. The smallest absolute Gasteiger partial charge is 0.133 e. The van der Waals surface area contributed by atoms with Gasteiger partial charge in [0.2, 0.25) is 0 Å². The van der Waals surface area contributed by atoms with E-state index in [0.717, 1.165) is 0 Å². The van der Waals surface area contributed by atoms with Gasteiger partial charge in [-0.1, -0.05) is 20.8 Å². The fourth-order valence-electron chi connectivity index (χ4n) is 0.403. The average Bonchev–Trinajstić information content (AvgIpc) is 1.63. The predicted molar refractivity (Wildman–Crippen MR) is 35.9 cm³/mol. The fraction of sp³-hybridized carbons (Fsp3) is 0.857. The van der Waals surface area contributed by atoms with Crippen molar-refractivity contribution in [3.8, 4) is 6.07 Å². The van der Waals surface area contributed by atoms with Gasteiger partial charge in [-0.25, -0.2) is 0 Å². The first kappa shape index (κ1) is 8.45. The van der Waals surface area contributed by atoms with Crippen molar-refractivity contribution in [2.24, 2.45) is 5.41 Å². The maximum absolute atomic E-state index is 8.09. The topological polar surface area (TPSA) is 33.0 Å². The molecule has 52 valence electrons. The average molecular weight is 127 g/mol. The maximum atomic E-state index is 8.09. The molecular formula is C7H13NO. The largest absolute Gasteiger partial charge is 0.366 e. The van der Waals surface area contributed by atoms with E-state index in [2.05, 4.69) is 20.8 Å². The van der Waals surface area contributed by atoms with Gasteiger partial charge in [-0.3, -0.25) is 0 Å². The lowest BCUT2D eigenvalue weighted by Crippen LogP contribution is -2.14. The molecule has 0 unspecified atom stereocenters. The second-order valence-corrected chi connectivity index (χ2v) is 3.21. The number of rotatable bonds is 2. The summed E-state index contributed by atoms with van der Waals surface area (Å²) in [5, 5.41) is 8.09. The van der Waals surface area contributed by atoms with Crippen LogP contribution in [0.5, 0.6) is 0 Å². The first-order valence-corrected chi connectivity index (χ1v) is 3.01. The van der Waals surface area contributed by atoms with E-state index in [1.54, 1.807) is 0 Å². The third-order valence-electron chi connectivity index (χ3n) is 0.702. The van der Waals surface area contributed by atoms with Crippen LogP contribution in [0.15, 0.2) is 0 Å². The summed E-state index contributed by atoms with van der Waals surface area (Å²) in [6.45, 7) is 7.08. The SMILES string of the molecule is CC(C)(C)COCC#N. The van der Waals surface area contributed by atoms with Crippen molar-refractivity contribution in [3.05, 3.63) is 0 Å². The summed E-state index contributed by atoms with van der Waals surface area (Å²) in [6.07, 6.45) is 0. The van der Waals surface area contributed by atoms with Crippen molar-refractivity contribution in [2.45, 2.75) is 20.8 Å². The molecule has 2 nitrogen and oxygen atoms in total. The van der Waals surface area contributed by atoms with Gasteiger partial charge in [0.05, 0.1) is 12.7 Å². The molecule has 0 aromatic heterocycles. The van der Waals surface area contributed by atoms with E-state index in [0.29, 0.717) is 6.61 Å². The minimum Gasteiger partial charge on any atom is -0.366 e. The molecule has 2 heteroatoms. The summed E-state index contributed by atoms with van der Waals surface area (Å²) in [4.78, 5) is 0. The minimum absolute atomic E-state index is 0.177. The lowest BCUT2D eigenvalue weighted by atomic mass is 9.99. The highest BCUT2D eigenvalue weighted by Gasteiger charge is 2.08. The van der Waals surface area contributed by atoms with E-state index in [9.17, 15) is 0 Å². The first-order valence-electron chi connectivity index (χ1n) is 3.01. The highest BCUT2D eigenvalue weighted by molar-refractivity contribution is 4.68. The van der Waals surface area contributed by atoms with Crippen molar-refractivity contribution < 1.29 is 4.74 Å². The molecule has 0 saturated carbocycles. The molecule has 0 saturated heterocycles. The first-order chi connectivity index (χ1) is 4.06. The van der Waals surface area contributed by atoms with Gasteiger partial charge in [0.1, 0.15) is 6.61 Å². The van der Waals surface area contributed by atoms with Crippen LogP contribution in [-0.4, -0.2) is 13.2 Å². The Hall–Kier alpha value is -0.550. The van der Waals surface area contributed by atoms with Crippen molar-refractivity contribution in [2.75, 3.05) is 13.2 Å². The van der Waals surface area contributed by atoms with Crippen molar-refractivity contribution in [3.63, 3.8) is 0 Å². The van der Waals surface area contributed by atoms with E-state index in [1.165, 1.54) is 0 Å². The Bertz CT molecular complexity index is 107. The van der Waals surface area contributed by atoms with E-state index < -0.39 is 0 Å². The Balaban J connectivity index is 3.20. The number of nitriles is 1. The maximum Gasteiger partial charge on any atom is 0.133 e. The molecule has 0 spiro atoms. The zero-order valence-corrected chi connectivity index (χ0v) is 6.27. The van der Waals surface area contributed by atoms with Gasteiger partial charge >= 0.3 is 0 Å². The second-order valence-electron chi connectivity index (χ2n) is 3.21. The zero-order chi connectivity index (χ0) is 7.33. The van der Waals surface area contributed by atoms with Gasteiger partial charge in [0.25, 0.3) is 0 Å². The van der Waals surface area contributed by atoms with Crippen LogP contribution in [0, 0.1) is 16.7 Å². The standard InChI is InChI=1S/C7H13NO/c1-7(2,3)6-9-5-4-8/h5-6H2,1-3H3. The third-order valence-corrected chi connectivity index (χ3v) is 0.702. The molecule has 0 aliphatic carbocycles. The molecule has 0 rings (SSSR count). The van der Waals surface area contributed by atoms with Gasteiger partial charge in [-0.2, -0.15) is 5.26 Å². The summed E-state index contributed by atoms with van der Waals surface area (Å²) >= 11 is 0. The van der Waals surface area contributed by atoms with Crippen LogP contribution in [0.4, 0.5) is 0 Å². The number of nitrogens with zero attached hydrogens (tertiary/aromatic N) is 1. The summed E-state index contributed by atoms with van der Waals surface area (Å²) in [5.41, 5.74) is 0.177. The number of hydrogen-bond donors (Lipinski definition) is 0. The number of hydrogen-bond acceptors (Lipinski definition) is 2. The highest BCUT2D eigenvalue weighted by Crippen LogP contribution is 2.12. The molecule has 0 atom stereocenters. The van der Waals surface area contributed by atoms with Gasteiger partial charge in [-0.05, 0) is 5.41 Å². The Labute approximate surface area is 56.4 Å². The summed E-state index contributed by atoms with van der Waals surface area (Å²) in [5.74, 6) is 0. The Morgan fingerprint density at radius 2 is 2.00 bits per heavy atom. The number of ether oxygens (including phenoxy) is 1. The molecular weight excluding hydrogens is 114 g/mol. The summed E-state index contributed by atoms with van der Waals surface area (Å²) < 4.78 is 4.99. The van der Waals surface area contributed by atoms with Crippen molar-refractivity contribution >= 4 is 0 Å². The van der Waals surface area contributed by atoms with Crippen LogP contribution < -0.4 is 0 Å². The summed E-state index contributed by atoms with van der Waals surface area (Å²) in [7, 11) is 0. The van der Waals surface area contributed by atoms with E-state index >= 15 is 0 Å². The van der Waals surface area contributed by atoms with Crippen LogP contribution in [0.2, 0.25) is 0 Å². The third kappa shape index (κ3) is 7.45. The molecule has 0 radical (unpaired) electrons. The Morgan fingerprint density at radius 3 is 2.33 bits per heavy atom. The Kier molecular flexibility index (Phi) is 3.26. The predicted octanol–water partition coefficient (Wildman–Crippen LogP) is 1.57. The van der Waals surface area contributed by atoms with Gasteiger partial charge in [0.15, 0.2) is 0 Å². The molecule has 0 heterocycles. The van der Waals surface area contributed by atoms with Gasteiger partial charge in [-0.15, -0.1) is 0 Å². The van der Waals surface area contributed by atoms with Crippen LogP contribution in [0.3, 0.4) is 0 Å². The van der Waals surface area contributed by atoms with E-state index in [-0.39, 0.29) is 12.0 Å². The molecule has 0 aromatic rings. The minimum atomic E-state index is 0.177. The molecule has 0 fully saturated rings. The molecule has 0 N–H and O–H groups in total. The highest BCUT2D eigenvalue weighted by atomic mass is 16.5. The molecule has 0 amide bonds. The molecule has 0 aliphatic heterocycles. The lowest BCUT2D eigenvalue weighted by Gasteiger charge is -2.16. The van der Waals surface area contributed by atoms with E-state index in [1.807, 2.05) is 6.07 Å². The van der Waals surface area contributed by atoms with Crippen molar-refractivity contribution in [1.29, 1.82) is 5.26 Å². The lowest BCUT2D eigenvalue weighted by molar-refractivity contribution is 0.0936. The molecule has 0 aromatic carbocycles. The van der Waals surface area contributed by atoms with Gasteiger partial charge < -0.3 is 4.74 Å². The van der Waals surface area contributed by atoms with Crippen molar-refractivity contribution in [1.82, 2.24) is 0 Å².